The number of amides is 1. The minimum absolute atomic E-state index is 0.0193. The molecule has 0 saturated carbocycles. The Hall–Kier alpha value is -1.79. The maximum Gasteiger partial charge on any atom is 0.227 e. The summed E-state index contributed by atoms with van der Waals surface area (Å²) in [6.07, 6.45) is 1.96. The van der Waals surface area contributed by atoms with E-state index in [1.165, 1.54) is 0 Å². The number of benzene rings is 1. The molecule has 3 aliphatic heterocycles. The quantitative estimate of drug-likeness (QED) is 0.841. The van der Waals surface area contributed by atoms with E-state index in [0.29, 0.717) is 18.7 Å². The second kappa shape index (κ2) is 6.84. The molecule has 1 amide bonds. The van der Waals surface area contributed by atoms with Gasteiger partial charge in [-0.25, -0.2) is 9.37 Å². The van der Waals surface area contributed by atoms with Gasteiger partial charge in [0, 0.05) is 36.6 Å². The highest BCUT2D eigenvalue weighted by Gasteiger charge is 2.40. The summed E-state index contributed by atoms with van der Waals surface area (Å²) in [4.78, 5) is 21.4. The van der Waals surface area contributed by atoms with Gasteiger partial charge in [-0.3, -0.25) is 9.69 Å². The minimum atomic E-state index is -0.151. The van der Waals surface area contributed by atoms with Crippen molar-refractivity contribution in [2.75, 3.05) is 13.1 Å². The van der Waals surface area contributed by atoms with E-state index >= 15 is 0 Å². The molecule has 4 heterocycles. The zero-order valence-corrected chi connectivity index (χ0v) is 15.1. The van der Waals surface area contributed by atoms with Gasteiger partial charge < -0.3 is 4.90 Å². The first-order valence-electron chi connectivity index (χ1n) is 8.75. The highest BCUT2D eigenvalue weighted by atomic mass is 32.1. The Bertz CT molecular complexity index is 764. The van der Waals surface area contributed by atoms with Crippen molar-refractivity contribution in [3.05, 3.63) is 51.7 Å². The molecule has 0 radical (unpaired) electrons. The zero-order chi connectivity index (χ0) is 17.4. The van der Waals surface area contributed by atoms with Crippen molar-refractivity contribution < 1.29 is 9.18 Å². The number of aryl methyl sites for hydroxylation is 1. The number of carbonyl (C=O) groups excluding carboxylic acids is 1. The molecule has 3 aliphatic rings. The monoisotopic (exact) mass is 359 g/mol. The van der Waals surface area contributed by atoms with Crippen LogP contribution in [0.3, 0.4) is 0 Å². The molecule has 0 unspecified atom stereocenters. The Balaban J connectivity index is 1.51. The van der Waals surface area contributed by atoms with Crippen LogP contribution in [0.25, 0.3) is 0 Å². The molecular weight excluding hydrogens is 337 g/mol. The van der Waals surface area contributed by atoms with Gasteiger partial charge in [0.15, 0.2) is 0 Å². The van der Waals surface area contributed by atoms with E-state index in [9.17, 15) is 9.18 Å². The molecular formula is C19H22FN3OS. The van der Waals surface area contributed by atoms with Gasteiger partial charge in [-0.1, -0.05) is 12.1 Å². The van der Waals surface area contributed by atoms with Crippen LogP contribution in [-0.2, 0) is 17.9 Å². The number of rotatable bonds is 4. The van der Waals surface area contributed by atoms with Crippen LogP contribution in [0.2, 0.25) is 0 Å². The van der Waals surface area contributed by atoms with E-state index < -0.39 is 0 Å². The average molecular weight is 359 g/mol. The molecule has 0 spiro atoms. The van der Waals surface area contributed by atoms with Crippen LogP contribution in [0.4, 0.5) is 4.39 Å². The first kappa shape index (κ1) is 16.7. The van der Waals surface area contributed by atoms with Crippen molar-refractivity contribution in [1.82, 2.24) is 14.8 Å². The maximum absolute atomic E-state index is 14.2. The first-order chi connectivity index (χ1) is 12.1. The fourth-order valence-corrected chi connectivity index (χ4v) is 4.53. The van der Waals surface area contributed by atoms with Crippen molar-refractivity contribution >= 4 is 17.2 Å². The van der Waals surface area contributed by atoms with E-state index in [2.05, 4.69) is 9.88 Å². The lowest BCUT2D eigenvalue weighted by molar-refractivity contribution is -0.140. The third kappa shape index (κ3) is 3.46. The molecule has 5 rings (SSSR count). The van der Waals surface area contributed by atoms with Gasteiger partial charge in [0.2, 0.25) is 5.91 Å². The van der Waals surface area contributed by atoms with Crippen LogP contribution in [0.15, 0.2) is 29.1 Å². The summed E-state index contributed by atoms with van der Waals surface area (Å²) in [6.45, 7) is 4.58. The first-order valence-corrected chi connectivity index (χ1v) is 9.69. The van der Waals surface area contributed by atoms with Gasteiger partial charge >= 0.3 is 0 Å². The summed E-state index contributed by atoms with van der Waals surface area (Å²) >= 11 is 1.56. The number of aromatic nitrogens is 1. The fourth-order valence-electron chi connectivity index (χ4n) is 3.98. The summed E-state index contributed by atoms with van der Waals surface area (Å²) in [6, 6.07) is 5.60. The highest BCUT2D eigenvalue weighted by molar-refractivity contribution is 7.07. The largest absolute Gasteiger partial charge is 0.332 e. The lowest BCUT2D eigenvalue weighted by atomic mass is 9.94. The van der Waals surface area contributed by atoms with Crippen molar-refractivity contribution in [3.8, 4) is 0 Å². The van der Waals surface area contributed by atoms with Crippen molar-refractivity contribution in [1.29, 1.82) is 0 Å². The Morgan fingerprint density at radius 1 is 1.28 bits per heavy atom. The molecule has 3 saturated heterocycles. The van der Waals surface area contributed by atoms with Crippen molar-refractivity contribution in [2.24, 2.45) is 5.92 Å². The van der Waals surface area contributed by atoms with E-state index in [1.807, 2.05) is 34.8 Å². The Kier molecular flexibility index (Phi) is 4.56. The van der Waals surface area contributed by atoms with Gasteiger partial charge in [-0.2, -0.15) is 0 Å². The number of fused-ring (bicyclic) bond motifs is 4. The zero-order valence-electron chi connectivity index (χ0n) is 14.3. The van der Waals surface area contributed by atoms with Gasteiger partial charge in [0.05, 0.1) is 23.7 Å². The van der Waals surface area contributed by atoms with Gasteiger partial charge in [0.1, 0.15) is 5.82 Å². The Morgan fingerprint density at radius 3 is 2.92 bits per heavy atom. The predicted molar refractivity (Wildman–Crippen MR) is 95.6 cm³/mol. The molecule has 0 N–H and O–H groups in total. The molecule has 4 nitrogen and oxygen atoms in total. The molecule has 132 valence electrons. The van der Waals surface area contributed by atoms with E-state index in [0.717, 1.165) is 37.2 Å². The van der Waals surface area contributed by atoms with Crippen LogP contribution >= 0.6 is 11.3 Å². The maximum atomic E-state index is 14.2. The summed E-state index contributed by atoms with van der Waals surface area (Å²) in [5, 5.41) is 2.01. The number of hydrogen-bond donors (Lipinski definition) is 0. The molecule has 2 aromatic rings. The second-order valence-electron chi connectivity index (χ2n) is 7.16. The lowest BCUT2D eigenvalue weighted by Crippen LogP contribution is -2.47. The van der Waals surface area contributed by atoms with Gasteiger partial charge in [-0.05, 0) is 31.4 Å². The predicted octanol–water partition coefficient (Wildman–Crippen LogP) is 3.21. The molecule has 2 bridgehead atoms. The van der Waals surface area contributed by atoms with Crippen LogP contribution in [-0.4, -0.2) is 39.8 Å². The normalized spacial score (nSPS) is 23.9. The molecule has 0 aliphatic carbocycles. The number of nitrogens with zero attached hydrogens (tertiary/aromatic N) is 3. The van der Waals surface area contributed by atoms with Crippen molar-refractivity contribution in [3.63, 3.8) is 0 Å². The Labute approximate surface area is 151 Å². The SMILES string of the molecule is Cc1ccc(CN2C[C@@H]3CC[C@H](C2)N(Cc2cscn2)C3=O)c(F)c1. The standard InChI is InChI=1S/C19H22FN3OS/c1-13-2-3-14(18(20)6-13)7-22-8-15-4-5-17(10-22)23(19(15)24)9-16-11-25-12-21-16/h2-3,6,11-12,15,17H,4-5,7-10H2,1H3/t15-,17+/m0/s1. The van der Waals surface area contributed by atoms with E-state index in [1.54, 1.807) is 17.4 Å². The summed E-state index contributed by atoms with van der Waals surface area (Å²) in [7, 11) is 0. The number of hydrogen-bond acceptors (Lipinski definition) is 4. The second-order valence-corrected chi connectivity index (χ2v) is 7.88. The van der Waals surface area contributed by atoms with Crippen molar-refractivity contribution in [2.45, 2.75) is 38.9 Å². The lowest BCUT2D eigenvalue weighted by Gasteiger charge is -2.35. The third-order valence-corrected chi connectivity index (χ3v) is 5.92. The summed E-state index contributed by atoms with van der Waals surface area (Å²) in [5.74, 6) is 0.101. The molecule has 1 aromatic heterocycles. The molecule has 25 heavy (non-hydrogen) atoms. The van der Waals surface area contributed by atoms with Crippen LogP contribution in [0, 0.1) is 18.7 Å². The summed E-state index contributed by atoms with van der Waals surface area (Å²) in [5.41, 5.74) is 4.41. The van der Waals surface area contributed by atoms with Crippen LogP contribution in [0.1, 0.15) is 29.7 Å². The Morgan fingerprint density at radius 2 is 2.16 bits per heavy atom. The third-order valence-electron chi connectivity index (χ3n) is 5.29. The highest BCUT2D eigenvalue weighted by Crippen LogP contribution is 2.31. The van der Waals surface area contributed by atoms with Crippen LogP contribution in [0.5, 0.6) is 0 Å². The topological polar surface area (TPSA) is 36.4 Å². The van der Waals surface area contributed by atoms with Gasteiger partial charge in [0.25, 0.3) is 0 Å². The van der Waals surface area contributed by atoms with E-state index in [-0.39, 0.29) is 23.7 Å². The number of thiazole rings is 1. The molecule has 1 aromatic carbocycles. The number of halogens is 1. The average Bonchev–Trinajstić information content (AvgIpc) is 2.96. The van der Waals surface area contributed by atoms with Crippen LogP contribution < -0.4 is 0 Å². The van der Waals surface area contributed by atoms with E-state index in [4.69, 9.17) is 0 Å². The molecule has 2 atom stereocenters. The minimum Gasteiger partial charge on any atom is -0.332 e. The summed E-state index contributed by atoms with van der Waals surface area (Å²) < 4.78 is 14.2. The fraction of sp³-hybridized carbons (Fsp3) is 0.474. The molecule has 3 fully saturated rings. The number of piperidine rings is 1. The van der Waals surface area contributed by atoms with Gasteiger partial charge in [-0.15, -0.1) is 11.3 Å². The molecule has 6 heteroatoms. The smallest absolute Gasteiger partial charge is 0.227 e. The number of carbonyl (C=O) groups is 1.